The lowest BCUT2D eigenvalue weighted by Crippen LogP contribution is -2.53. The van der Waals surface area contributed by atoms with E-state index in [1.165, 1.54) is 4.90 Å². The molecule has 92 valence electrons. The number of hydrogen-bond donors (Lipinski definition) is 2. The van der Waals surface area contributed by atoms with Crippen LogP contribution in [0, 0.1) is 0 Å². The van der Waals surface area contributed by atoms with Gasteiger partial charge in [0.2, 0.25) is 0 Å². The summed E-state index contributed by atoms with van der Waals surface area (Å²) in [7, 11) is 0. The predicted molar refractivity (Wildman–Crippen MR) is 62.6 cm³/mol. The second kappa shape index (κ2) is 5.01. The Bertz CT molecular complexity index is 290. The molecule has 0 aromatic carbocycles. The van der Waals surface area contributed by atoms with Crippen molar-refractivity contribution >= 4 is 24.3 Å². The van der Waals surface area contributed by atoms with Crippen LogP contribution in [0.4, 0.5) is 4.79 Å². The van der Waals surface area contributed by atoms with Gasteiger partial charge in [0, 0.05) is 6.54 Å². The predicted octanol–water partition coefficient (Wildman–Crippen LogP) is 0.492. The van der Waals surface area contributed by atoms with Crippen molar-refractivity contribution in [1.82, 2.24) is 15.5 Å². The summed E-state index contributed by atoms with van der Waals surface area (Å²) >= 11 is 0. The number of rotatable bonds is 2. The van der Waals surface area contributed by atoms with Crippen molar-refractivity contribution < 1.29 is 9.59 Å². The van der Waals surface area contributed by atoms with Gasteiger partial charge >= 0.3 is 6.03 Å². The van der Waals surface area contributed by atoms with Gasteiger partial charge in [-0.15, -0.1) is 12.4 Å². The standard InChI is InChI=1S/C10H17N3O2.ClH/c1-2-7-13-8(14)10(12-9(13)15)3-5-11-6-4-10;/h11H,2-7H2,1H3,(H,12,15);1H. The molecular formula is C10H18ClN3O2. The molecule has 3 amide bonds. The van der Waals surface area contributed by atoms with Crippen molar-refractivity contribution in [2.24, 2.45) is 0 Å². The first kappa shape index (κ1) is 13.3. The third-order valence-electron chi connectivity index (χ3n) is 3.15. The molecule has 16 heavy (non-hydrogen) atoms. The average molecular weight is 248 g/mol. The molecule has 0 aliphatic carbocycles. The zero-order chi connectivity index (χ0) is 10.9. The van der Waals surface area contributed by atoms with Gasteiger partial charge in [-0.3, -0.25) is 9.69 Å². The lowest BCUT2D eigenvalue weighted by molar-refractivity contribution is -0.132. The number of nitrogens with one attached hydrogen (secondary N) is 2. The molecule has 2 N–H and O–H groups in total. The quantitative estimate of drug-likeness (QED) is 0.699. The molecule has 1 spiro atoms. The molecule has 2 rings (SSSR count). The Morgan fingerprint density at radius 1 is 1.31 bits per heavy atom. The van der Waals surface area contributed by atoms with Crippen LogP contribution in [0.15, 0.2) is 0 Å². The Balaban J connectivity index is 0.00000128. The molecule has 0 aromatic heterocycles. The third-order valence-corrected chi connectivity index (χ3v) is 3.15. The van der Waals surface area contributed by atoms with E-state index < -0.39 is 5.54 Å². The third kappa shape index (κ3) is 2.01. The molecular weight excluding hydrogens is 230 g/mol. The zero-order valence-electron chi connectivity index (χ0n) is 9.41. The summed E-state index contributed by atoms with van der Waals surface area (Å²) < 4.78 is 0. The highest BCUT2D eigenvalue weighted by Crippen LogP contribution is 2.26. The Labute approximate surface area is 101 Å². The Morgan fingerprint density at radius 2 is 1.94 bits per heavy atom. The second-order valence-corrected chi connectivity index (χ2v) is 4.22. The number of carbonyl (C=O) groups is 2. The number of halogens is 1. The molecule has 6 heteroatoms. The van der Waals surface area contributed by atoms with E-state index in [0.717, 1.165) is 19.5 Å². The molecule has 0 atom stereocenters. The Morgan fingerprint density at radius 3 is 2.50 bits per heavy atom. The Kier molecular flexibility index (Phi) is 4.15. The summed E-state index contributed by atoms with van der Waals surface area (Å²) in [6.07, 6.45) is 2.23. The molecule has 5 nitrogen and oxygen atoms in total. The molecule has 0 unspecified atom stereocenters. The number of piperidine rings is 1. The number of carbonyl (C=O) groups excluding carboxylic acids is 2. The van der Waals surface area contributed by atoms with Crippen LogP contribution in [0.3, 0.4) is 0 Å². The van der Waals surface area contributed by atoms with Crippen molar-refractivity contribution in [3.63, 3.8) is 0 Å². The maximum Gasteiger partial charge on any atom is 0.325 e. The lowest BCUT2D eigenvalue weighted by Gasteiger charge is -2.31. The first-order valence-electron chi connectivity index (χ1n) is 5.54. The SMILES string of the molecule is CCCN1C(=O)NC2(CCNCC2)C1=O.Cl. The fraction of sp³-hybridized carbons (Fsp3) is 0.800. The molecule has 2 saturated heterocycles. The topological polar surface area (TPSA) is 61.4 Å². The summed E-state index contributed by atoms with van der Waals surface area (Å²) in [6, 6.07) is -0.219. The summed E-state index contributed by atoms with van der Waals surface area (Å²) in [5.41, 5.74) is -0.600. The van der Waals surface area contributed by atoms with Crippen molar-refractivity contribution in [3.05, 3.63) is 0 Å². The van der Waals surface area contributed by atoms with Crippen LogP contribution in [0.1, 0.15) is 26.2 Å². The highest BCUT2D eigenvalue weighted by Gasteiger charge is 2.50. The van der Waals surface area contributed by atoms with Crippen molar-refractivity contribution in [2.75, 3.05) is 19.6 Å². The van der Waals surface area contributed by atoms with Gasteiger partial charge in [0.25, 0.3) is 5.91 Å². The first-order chi connectivity index (χ1) is 7.19. The number of nitrogens with zero attached hydrogens (tertiary/aromatic N) is 1. The fourth-order valence-electron chi connectivity index (χ4n) is 2.30. The highest BCUT2D eigenvalue weighted by molar-refractivity contribution is 6.07. The van der Waals surface area contributed by atoms with Crippen molar-refractivity contribution in [1.29, 1.82) is 0 Å². The van der Waals surface area contributed by atoms with E-state index >= 15 is 0 Å². The van der Waals surface area contributed by atoms with Gasteiger partial charge in [0.15, 0.2) is 0 Å². The van der Waals surface area contributed by atoms with E-state index in [1.807, 2.05) is 6.92 Å². The van der Waals surface area contributed by atoms with E-state index in [4.69, 9.17) is 0 Å². The molecule has 0 radical (unpaired) electrons. The highest BCUT2D eigenvalue weighted by atomic mass is 35.5. The summed E-state index contributed by atoms with van der Waals surface area (Å²) in [5.74, 6) is -0.0316. The van der Waals surface area contributed by atoms with Crippen LogP contribution in [0.25, 0.3) is 0 Å². The Hall–Kier alpha value is -0.810. The molecule has 0 bridgehead atoms. The van der Waals surface area contributed by atoms with Crippen molar-refractivity contribution in [2.45, 2.75) is 31.7 Å². The number of urea groups is 1. The minimum Gasteiger partial charge on any atom is -0.323 e. The maximum atomic E-state index is 12.1. The maximum absolute atomic E-state index is 12.1. The first-order valence-corrected chi connectivity index (χ1v) is 5.54. The van der Waals surface area contributed by atoms with E-state index in [2.05, 4.69) is 10.6 Å². The summed E-state index contributed by atoms with van der Waals surface area (Å²) in [6.45, 7) is 4.09. The molecule has 0 saturated carbocycles. The minimum atomic E-state index is -0.600. The van der Waals surface area contributed by atoms with E-state index in [1.54, 1.807) is 0 Å². The van der Waals surface area contributed by atoms with Crippen LogP contribution in [-0.2, 0) is 4.79 Å². The fourth-order valence-corrected chi connectivity index (χ4v) is 2.30. The molecule has 2 aliphatic rings. The van der Waals surface area contributed by atoms with Gasteiger partial charge < -0.3 is 10.6 Å². The summed E-state index contributed by atoms with van der Waals surface area (Å²) in [4.78, 5) is 25.1. The lowest BCUT2D eigenvalue weighted by atomic mass is 9.88. The number of amides is 3. The molecule has 2 fully saturated rings. The summed E-state index contributed by atoms with van der Waals surface area (Å²) in [5, 5.41) is 6.05. The average Bonchev–Trinajstić information content (AvgIpc) is 2.45. The van der Waals surface area contributed by atoms with E-state index in [0.29, 0.717) is 19.4 Å². The molecule has 2 aliphatic heterocycles. The monoisotopic (exact) mass is 247 g/mol. The van der Waals surface area contributed by atoms with Gasteiger partial charge in [-0.1, -0.05) is 6.92 Å². The number of hydrogen-bond acceptors (Lipinski definition) is 3. The van der Waals surface area contributed by atoms with Crippen LogP contribution in [0.2, 0.25) is 0 Å². The molecule has 0 aromatic rings. The van der Waals surface area contributed by atoms with Crippen molar-refractivity contribution in [3.8, 4) is 0 Å². The van der Waals surface area contributed by atoms with Gasteiger partial charge in [-0.05, 0) is 32.4 Å². The van der Waals surface area contributed by atoms with Gasteiger partial charge in [0.1, 0.15) is 5.54 Å². The smallest absolute Gasteiger partial charge is 0.323 e. The zero-order valence-corrected chi connectivity index (χ0v) is 10.2. The number of imide groups is 1. The van der Waals surface area contributed by atoms with Gasteiger partial charge in [-0.25, -0.2) is 4.79 Å². The largest absolute Gasteiger partial charge is 0.325 e. The minimum absolute atomic E-state index is 0. The second-order valence-electron chi connectivity index (χ2n) is 4.22. The van der Waals surface area contributed by atoms with Gasteiger partial charge in [-0.2, -0.15) is 0 Å². The molecule has 2 heterocycles. The van der Waals surface area contributed by atoms with Crippen LogP contribution in [0.5, 0.6) is 0 Å². The van der Waals surface area contributed by atoms with Crippen LogP contribution < -0.4 is 10.6 Å². The van der Waals surface area contributed by atoms with E-state index in [9.17, 15) is 9.59 Å². The van der Waals surface area contributed by atoms with Crippen LogP contribution >= 0.6 is 12.4 Å². The normalized spacial score (nSPS) is 23.2. The van der Waals surface area contributed by atoms with E-state index in [-0.39, 0.29) is 24.3 Å². The van der Waals surface area contributed by atoms with Crippen LogP contribution in [-0.4, -0.2) is 42.0 Å². The van der Waals surface area contributed by atoms with Gasteiger partial charge in [0.05, 0.1) is 0 Å².